The zero-order valence-electron chi connectivity index (χ0n) is 19.3. The lowest BCUT2D eigenvalue weighted by atomic mass is 10.00. The van der Waals surface area contributed by atoms with E-state index in [1.807, 2.05) is 54.6 Å². The molecule has 2 aromatic carbocycles. The Bertz CT molecular complexity index is 1040. The molecular weight excluding hydrogens is 418 g/mol. The Balaban J connectivity index is 1.46. The summed E-state index contributed by atoms with van der Waals surface area (Å²) < 4.78 is 16.5. The van der Waals surface area contributed by atoms with Crippen LogP contribution in [0, 0.1) is 0 Å². The minimum atomic E-state index is -0.102. The molecule has 0 aliphatic carbocycles. The number of likely N-dealkylation sites (tertiary alicyclic amines) is 1. The average Bonchev–Trinajstić information content (AvgIpc) is 3.33. The number of carbonyl (C=O) groups excluding carboxylic acids is 1. The van der Waals surface area contributed by atoms with Crippen molar-refractivity contribution >= 4 is 5.91 Å². The van der Waals surface area contributed by atoms with Gasteiger partial charge in [-0.25, -0.2) is 0 Å². The van der Waals surface area contributed by atoms with Gasteiger partial charge in [0.2, 0.25) is 5.91 Å². The Morgan fingerprint density at radius 3 is 2.58 bits per heavy atom. The molecule has 4 rings (SSSR count). The van der Waals surface area contributed by atoms with Gasteiger partial charge in [0, 0.05) is 23.7 Å². The predicted octanol–water partition coefficient (Wildman–Crippen LogP) is 4.24. The normalized spacial score (nSPS) is 15.1. The summed E-state index contributed by atoms with van der Waals surface area (Å²) in [5, 5.41) is 7.20. The first-order valence-electron chi connectivity index (χ1n) is 11.4. The van der Waals surface area contributed by atoms with Crippen molar-refractivity contribution in [1.29, 1.82) is 0 Å². The maximum Gasteiger partial charge on any atom is 0.227 e. The van der Waals surface area contributed by atoms with E-state index in [1.165, 1.54) is 6.42 Å². The molecular formula is C26H31N3O4. The molecule has 33 heavy (non-hydrogen) atoms. The van der Waals surface area contributed by atoms with Crippen molar-refractivity contribution in [3.8, 4) is 22.8 Å². The quantitative estimate of drug-likeness (QED) is 0.526. The van der Waals surface area contributed by atoms with Crippen molar-refractivity contribution in [2.45, 2.75) is 31.7 Å². The molecule has 174 valence electrons. The Morgan fingerprint density at radius 2 is 1.85 bits per heavy atom. The summed E-state index contributed by atoms with van der Waals surface area (Å²) in [5.41, 5.74) is 2.71. The second kappa shape index (κ2) is 11.0. The van der Waals surface area contributed by atoms with Gasteiger partial charge in [0.25, 0.3) is 0 Å². The van der Waals surface area contributed by atoms with Gasteiger partial charge in [0.05, 0.1) is 26.7 Å². The fourth-order valence-corrected chi connectivity index (χ4v) is 4.34. The van der Waals surface area contributed by atoms with E-state index >= 15 is 0 Å². The van der Waals surface area contributed by atoms with Gasteiger partial charge in [-0.1, -0.05) is 41.9 Å². The number of carbonyl (C=O) groups is 1. The monoisotopic (exact) mass is 449 g/mol. The molecule has 1 N–H and O–H groups in total. The number of hydrogen-bond donors (Lipinski definition) is 1. The molecule has 7 nitrogen and oxygen atoms in total. The van der Waals surface area contributed by atoms with Crippen LogP contribution >= 0.6 is 0 Å². The maximum absolute atomic E-state index is 12.8. The van der Waals surface area contributed by atoms with E-state index in [-0.39, 0.29) is 18.4 Å². The van der Waals surface area contributed by atoms with Gasteiger partial charge in [0.1, 0.15) is 23.0 Å². The van der Waals surface area contributed by atoms with Crippen molar-refractivity contribution in [1.82, 2.24) is 15.4 Å². The molecule has 1 saturated heterocycles. The number of nitrogens with zero attached hydrogens (tertiary/aromatic N) is 2. The van der Waals surface area contributed by atoms with Gasteiger partial charge in [0.15, 0.2) is 0 Å². The van der Waals surface area contributed by atoms with Crippen molar-refractivity contribution in [2.24, 2.45) is 0 Å². The van der Waals surface area contributed by atoms with Crippen molar-refractivity contribution in [2.75, 3.05) is 33.9 Å². The molecule has 0 bridgehead atoms. The minimum Gasteiger partial charge on any atom is -0.497 e. The van der Waals surface area contributed by atoms with E-state index in [1.54, 1.807) is 14.2 Å². The third-order valence-electron chi connectivity index (χ3n) is 6.08. The van der Waals surface area contributed by atoms with Crippen LogP contribution in [0.2, 0.25) is 0 Å². The molecule has 1 fully saturated rings. The van der Waals surface area contributed by atoms with E-state index in [9.17, 15) is 4.79 Å². The second-order valence-corrected chi connectivity index (χ2v) is 8.25. The third-order valence-corrected chi connectivity index (χ3v) is 6.08. The smallest absolute Gasteiger partial charge is 0.227 e. The van der Waals surface area contributed by atoms with Crippen LogP contribution in [0.15, 0.2) is 59.1 Å². The number of ether oxygens (including phenoxy) is 2. The van der Waals surface area contributed by atoms with Crippen molar-refractivity contribution in [3.05, 3.63) is 65.9 Å². The molecule has 1 amide bonds. The summed E-state index contributed by atoms with van der Waals surface area (Å²) >= 11 is 0. The molecule has 1 aromatic heterocycles. The number of rotatable bonds is 9. The number of hydrogen-bond acceptors (Lipinski definition) is 6. The second-order valence-electron chi connectivity index (χ2n) is 8.25. The Labute approximate surface area is 194 Å². The van der Waals surface area contributed by atoms with Crippen molar-refractivity contribution in [3.63, 3.8) is 0 Å². The zero-order chi connectivity index (χ0) is 23.0. The summed E-state index contributed by atoms with van der Waals surface area (Å²) in [4.78, 5) is 15.2. The van der Waals surface area contributed by atoms with Crippen LogP contribution in [0.25, 0.3) is 11.3 Å². The van der Waals surface area contributed by atoms with Gasteiger partial charge in [-0.05, 0) is 44.1 Å². The highest BCUT2D eigenvalue weighted by Crippen LogP contribution is 2.34. The number of methoxy groups -OCH3 is 2. The summed E-state index contributed by atoms with van der Waals surface area (Å²) in [6.07, 6.45) is 3.68. The van der Waals surface area contributed by atoms with Gasteiger partial charge < -0.3 is 19.3 Å². The topological polar surface area (TPSA) is 76.8 Å². The Kier molecular flexibility index (Phi) is 7.62. The zero-order valence-corrected chi connectivity index (χ0v) is 19.3. The first-order chi connectivity index (χ1) is 16.2. The summed E-state index contributed by atoms with van der Waals surface area (Å²) in [6, 6.07) is 17.4. The van der Waals surface area contributed by atoms with E-state index in [0.29, 0.717) is 12.3 Å². The molecule has 0 radical (unpaired) electrons. The number of piperidine rings is 1. The first kappa shape index (κ1) is 22.9. The van der Waals surface area contributed by atoms with E-state index in [0.717, 1.165) is 54.3 Å². The van der Waals surface area contributed by atoms with Crippen LogP contribution in [-0.4, -0.2) is 49.8 Å². The Hall–Kier alpha value is -3.32. The largest absolute Gasteiger partial charge is 0.497 e. The lowest BCUT2D eigenvalue weighted by Gasteiger charge is -2.35. The average molecular weight is 450 g/mol. The van der Waals surface area contributed by atoms with Crippen LogP contribution in [0.5, 0.6) is 11.5 Å². The van der Waals surface area contributed by atoms with E-state index in [2.05, 4.69) is 15.4 Å². The molecule has 1 aliphatic heterocycles. The highest BCUT2D eigenvalue weighted by Gasteiger charge is 2.26. The number of aromatic nitrogens is 1. The fourth-order valence-electron chi connectivity index (χ4n) is 4.34. The van der Waals surface area contributed by atoms with Crippen LogP contribution in [0.3, 0.4) is 0 Å². The molecule has 2 heterocycles. The van der Waals surface area contributed by atoms with Crippen LogP contribution < -0.4 is 14.8 Å². The molecule has 0 saturated carbocycles. The molecule has 7 heteroatoms. The molecule has 1 atom stereocenters. The van der Waals surface area contributed by atoms with Crippen molar-refractivity contribution < 1.29 is 18.8 Å². The summed E-state index contributed by atoms with van der Waals surface area (Å²) in [7, 11) is 3.33. The molecule has 0 spiro atoms. The van der Waals surface area contributed by atoms with Crippen LogP contribution in [0.1, 0.15) is 36.6 Å². The predicted molar refractivity (Wildman–Crippen MR) is 126 cm³/mol. The highest BCUT2D eigenvalue weighted by molar-refractivity contribution is 5.78. The number of nitrogens with one attached hydrogen (secondary N) is 1. The van der Waals surface area contributed by atoms with E-state index in [4.69, 9.17) is 14.0 Å². The highest BCUT2D eigenvalue weighted by atomic mass is 16.5. The Morgan fingerprint density at radius 1 is 1.06 bits per heavy atom. The lowest BCUT2D eigenvalue weighted by Crippen LogP contribution is -2.41. The van der Waals surface area contributed by atoms with Gasteiger partial charge in [-0.15, -0.1) is 0 Å². The van der Waals surface area contributed by atoms with Gasteiger partial charge in [-0.3, -0.25) is 9.69 Å². The summed E-state index contributed by atoms with van der Waals surface area (Å²) in [6.45, 7) is 2.45. The lowest BCUT2D eigenvalue weighted by molar-refractivity contribution is -0.121. The number of amides is 1. The number of benzene rings is 2. The van der Waals surface area contributed by atoms with Crippen LogP contribution in [0.4, 0.5) is 0 Å². The minimum absolute atomic E-state index is 0.00564. The molecule has 3 aromatic rings. The maximum atomic E-state index is 12.8. The SMILES string of the molecule is COc1ccc(OC)c(C(CNC(=O)Cc2cc(-c3ccccc3)no2)N2CCCCC2)c1. The summed E-state index contributed by atoms with van der Waals surface area (Å²) in [5.74, 6) is 2.01. The van der Waals surface area contributed by atoms with E-state index < -0.39 is 0 Å². The van der Waals surface area contributed by atoms with Gasteiger partial charge >= 0.3 is 0 Å². The first-order valence-corrected chi connectivity index (χ1v) is 11.4. The third kappa shape index (κ3) is 5.73. The molecule has 1 unspecified atom stereocenters. The van der Waals surface area contributed by atoms with Gasteiger partial charge in [-0.2, -0.15) is 0 Å². The van der Waals surface area contributed by atoms with Crippen LogP contribution in [-0.2, 0) is 11.2 Å². The fraction of sp³-hybridized carbons (Fsp3) is 0.385. The standard InChI is InChI=1S/C26H31N3O4/c1-31-20-11-12-25(32-2)22(15-20)24(29-13-7-4-8-14-29)18-27-26(30)17-21-16-23(28-33-21)19-9-5-3-6-10-19/h3,5-6,9-12,15-16,24H,4,7-8,13-14,17-18H2,1-2H3,(H,27,30). The molecule has 1 aliphatic rings.